The molecule has 3 aliphatic carbocycles. The smallest absolute Gasteiger partial charge is 0.320 e. The monoisotopic (exact) mass is 443 g/mol. The van der Waals surface area contributed by atoms with Gasteiger partial charge in [0.1, 0.15) is 11.8 Å². The molecule has 1 saturated carbocycles. The summed E-state index contributed by atoms with van der Waals surface area (Å²) >= 11 is 0. The van der Waals surface area contributed by atoms with E-state index < -0.39 is 17.9 Å². The lowest BCUT2D eigenvalue weighted by Gasteiger charge is -2.35. The number of carbonyl (C=O) groups is 3. The van der Waals surface area contributed by atoms with Crippen LogP contribution < -0.4 is 5.73 Å². The standard InChI is InChI=1S/C24H33N3O5/c1-26-9-11-27(12-10-26)22(28)21-18-4-2-3-16(18)14-19(21)24(31)32-17-7-5-15(6-8-17)13-20(25)23(29)30/h2,4-5,7-8,15-16,18-21H,3,6,9-14,25H2,1H3,(H,29,30)/t15?,16?,18-,19?,20?,21?/m1/s1. The molecule has 2 fully saturated rings. The lowest BCUT2D eigenvalue weighted by Crippen LogP contribution is -2.50. The van der Waals surface area contributed by atoms with Crippen LogP contribution in [0.3, 0.4) is 0 Å². The van der Waals surface area contributed by atoms with Gasteiger partial charge in [0.05, 0.1) is 11.8 Å². The van der Waals surface area contributed by atoms with Gasteiger partial charge in [0.2, 0.25) is 5.91 Å². The third-order valence-electron chi connectivity index (χ3n) is 7.40. The van der Waals surface area contributed by atoms with Crippen LogP contribution in [0.5, 0.6) is 0 Å². The predicted octanol–water partition coefficient (Wildman–Crippen LogP) is 1.39. The molecule has 0 aromatic heterocycles. The third kappa shape index (κ3) is 4.81. The number of carboxylic acid groups (broad SMARTS) is 1. The normalized spacial score (nSPS) is 33.0. The van der Waals surface area contributed by atoms with E-state index in [1.807, 2.05) is 17.1 Å². The average molecular weight is 444 g/mol. The summed E-state index contributed by atoms with van der Waals surface area (Å²) in [5.74, 6) is -1.16. The first-order chi connectivity index (χ1) is 15.3. The number of ether oxygens (including phenoxy) is 1. The van der Waals surface area contributed by atoms with E-state index in [1.54, 1.807) is 6.08 Å². The van der Waals surface area contributed by atoms with Gasteiger partial charge >= 0.3 is 11.9 Å². The van der Waals surface area contributed by atoms with Crippen molar-refractivity contribution in [2.45, 2.75) is 31.7 Å². The zero-order chi connectivity index (χ0) is 22.8. The number of carbonyl (C=O) groups excluding carboxylic acids is 2. The molecule has 1 saturated heterocycles. The zero-order valence-corrected chi connectivity index (χ0v) is 18.6. The van der Waals surface area contributed by atoms with Crippen molar-refractivity contribution in [1.82, 2.24) is 9.80 Å². The zero-order valence-electron chi connectivity index (χ0n) is 18.6. The molecule has 1 amide bonds. The Morgan fingerprint density at radius 2 is 1.94 bits per heavy atom. The highest BCUT2D eigenvalue weighted by Gasteiger charge is 2.51. The van der Waals surface area contributed by atoms with Crippen LogP contribution in [0.25, 0.3) is 0 Å². The van der Waals surface area contributed by atoms with Crippen LogP contribution >= 0.6 is 0 Å². The summed E-state index contributed by atoms with van der Waals surface area (Å²) in [5.41, 5.74) is 5.62. The highest BCUT2D eigenvalue weighted by Crippen LogP contribution is 2.49. The average Bonchev–Trinajstić information content (AvgIpc) is 3.36. The second-order valence-corrected chi connectivity index (χ2v) is 9.56. The number of rotatable bonds is 6. The Morgan fingerprint density at radius 3 is 2.59 bits per heavy atom. The van der Waals surface area contributed by atoms with Crippen molar-refractivity contribution in [2.24, 2.45) is 35.3 Å². The summed E-state index contributed by atoms with van der Waals surface area (Å²) in [6, 6.07) is -0.908. The first kappa shape index (κ1) is 22.7. The lowest BCUT2D eigenvalue weighted by atomic mass is 9.87. The Balaban J connectivity index is 1.39. The van der Waals surface area contributed by atoms with Crippen molar-refractivity contribution in [3.63, 3.8) is 0 Å². The highest BCUT2D eigenvalue weighted by molar-refractivity contribution is 5.87. The van der Waals surface area contributed by atoms with Crippen LogP contribution in [0, 0.1) is 29.6 Å². The number of nitrogens with two attached hydrogens (primary N) is 1. The fourth-order valence-electron chi connectivity index (χ4n) is 5.46. The molecule has 4 aliphatic rings. The minimum absolute atomic E-state index is 0.00563. The van der Waals surface area contributed by atoms with Crippen LogP contribution in [0.2, 0.25) is 0 Å². The summed E-state index contributed by atoms with van der Waals surface area (Å²) in [4.78, 5) is 41.7. The van der Waals surface area contributed by atoms with Gasteiger partial charge < -0.3 is 25.4 Å². The largest absolute Gasteiger partial charge is 0.480 e. The quantitative estimate of drug-likeness (QED) is 0.471. The molecule has 5 unspecified atom stereocenters. The Kier molecular flexibility index (Phi) is 6.81. The van der Waals surface area contributed by atoms with Crippen LogP contribution in [0.1, 0.15) is 25.7 Å². The van der Waals surface area contributed by atoms with Gasteiger partial charge in [-0.05, 0) is 62.6 Å². The van der Waals surface area contributed by atoms with Crippen LogP contribution in [0.4, 0.5) is 0 Å². The number of amides is 1. The van der Waals surface area contributed by atoms with E-state index in [2.05, 4.69) is 24.1 Å². The fraction of sp³-hybridized carbons (Fsp3) is 0.625. The van der Waals surface area contributed by atoms with Crippen molar-refractivity contribution in [1.29, 1.82) is 0 Å². The Labute approximate surface area is 188 Å². The minimum atomic E-state index is -1.02. The van der Waals surface area contributed by atoms with Gasteiger partial charge in [-0.2, -0.15) is 0 Å². The maximum atomic E-state index is 13.4. The molecule has 32 heavy (non-hydrogen) atoms. The molecule has 8 heteroatoms. The van der Waals surface area contributed by atoms with Gasteiger partial charge in [-0.15, -0.1) is 0 Å². The first-order valence-electron chi connectivity index (χ1n) is 11.6. The Hall–Kier alpha value is -2.45. The Bertz CT molecular complexity index is 843. The number of carboxylic acids is 1. The number of hydrogen-bond donors (Lipinski definition) is 2. The van der Waals surface area contributed by atoms with E-state index in [0.29, 0.717) is 44.0 Å². The molecule has 8 nitrogen and oxygen atoms in total. The predicted molar refractivity (Wildman–Crippen MR) is 118 cm³/mol. The third-order valence-corrected chi connectivity index (χ3v) is 7.40. The fourth-order valence-corrected chi connectivity index (χ4v) is 5.46. The summed E-state index contributed by atoms with van der Waals surface area (Å²) in [6.07, 6.45) is 12.1. The number of nitrogens with zero attached hydrogens (tertiary/aromatic N) is 2. The van der Waals surface area contributed by atoms with E-state index in [4.69, 9.17) is 15.6 Å². The molecule has 1 heterocycles. The van der Waals surface area contributed by atoms with Crippen molar-refractivity contribution in [3.8, 4) is 0 Å². The van der Waals surface area contributed by atoms with Crippen molar-refractivity contribution < 1.29 is 24.2 Å². The van der Waals surface area contributed by atoms with Gasteiger partial charge in [-0.25, -0.2) is 0 Å². The molecule has 0 radical (unpaired) electrons. The van der Waals surface area contributed by atoms with Crippen LogP contribution in [-0.2, 0) is 19.1 Å². The number of fused-ring (bicyclic) bond motifs is 1. The molecule has 0 bridgehead atoms. The first-order valence-corrected chi connectivity index (χ1v) is 11.6. The van der Waals surface area contributed by atoms with E-state index in [1.165, 1.54) is 0 Å². The van der Waals surface area contributed by atoms with E-state index in [-0.39, 0.29) is 29.6 Å². The van der Waals surface area contributed by atoms with Gasteiger partial charge in [-0.1, -0.05) is 18.2 Å². The van der Waals surface area contributed by atoms with E-state index >= 15 is 0 Å². The molecular weight excluding hydrogens is 410 g/mol. The molecular formula is C24H33N3O5. The maximum absolute atomic E-state index is 13.4. The van der Waals surface area contributed by atoms with Crippen LogP contribution in [0.15, 0.2) is 36.1 Å². The maximum Gasteiger partial charge on any atom is 0.320 e. The van der Waals surface area contributed by atoms with Crippen LogP contribution in [-0.4, -0.2) is 72.0 Å². The number of hydrogen-bond acceptors (Lipinski definition) is 6. The number of aliphatic carboxylic acids is 1. The Morgan fingerprint density at radius 1 is 1.19 bits per heavy atom. The molecule has 0 spiro atoms. The molecule has 174 valence electrons. The molecule has 1 aliphatic heterocycles. The van der Waals surface area contributed by atoms with Gasteiger partial charge in [0.15, 0.2) is 0 Å². The number of likely N-dealkylation sites (N-methyl/N-ethyl adjacent to an activating group) is 1. The minimum Gasteiger partial charge on any atom is -0.480 e. The van der Waals surface area contributed by atoms with Gasteiger partial charge in [0, 0.05) is 26.2 Å². The number of piperazine rings is 1. The van der Waals surface area contributed by atoms with E-state index in [9.17, 15) is 14.4 Å². The SMILES string of the molecule is CN1CCN(C(=O)C2C(C(=O)OC3=CCC(CC(N)C(=O)O)C=C3)CC3CC=C[C@H]32)CC1. The molecule has 4 rings (SSSR count). The second kappa shape index (κ2) is 9.58. The highest BCUT2D eigenvalue weighted by atomic mass is 16.5. The summed E-state index contributed by atoms with van der Waals surface area (Å²) in [7, 11) is 2.05. The molecule has 3 N–H and O–H groups in total. The number of allylic oxidation sites excluding steroid dienone is 5. The van der Waals surface area contributed by atoms with Crippen molar-refractivity contribution >= 4 is 17.8 Å². The van der Waals surface area contributed by atoms with Gasteiger partial charge in [-0.3, -0.25) is 14.4 Å². The van der Waals surface area contributed by atoms with Crippen molar-refractivity contribution in [3.05, 3.63) is 36.1 Å². The topological polar surface area (TPSA) is 113 Å². The lowest BCUT2D eigenvalue weighted by molar-refractivity contribution is -0.151. The second-order valence-electron chi connectivity index (χ2n) is 9.56. The van der Waals surface area contributed by atoms with E-state index in [0.717, 1.165) is 19.5 Å². The number of esters is 1. The summed E-state index contributed by atoms with van der Waals surface area (Å²) < 4.78 is 5.71. The van der Waals surface area contributed by atoms with Crippen molar-refractivity contribution in [2.75, 3.05) is 33.2 Å². The van der Waals surface area contributed by atoms with Gasteiger partial charge in [0.25, 0.3) is 0 Å². The molecule has 0 aromatic rings. The summed E-state index contributed by atoms with van der Waals surface area (Å²) in [5, 5.41) is 8.98. The molecule has 0 aromatic carbocycles. The molecule has 6 atom stereocenters. The summed E-state index contributed by atoms with van der Waals surface area (Å²) in [6.45, 7) is 3.09.